The Bertz CT molecular complexity index is 717. The van der Waals surface area contributed by atoms with Gasteiger partial charge in [-0.2, -0.15) is 0 Å². The van der Waals surface area contributed by atoms with Crippen molar-refractivity contribution in [2.45, 2.75) is 13.0 Å². The van der Waals surface area contributed by atoms with Gasteiger partial charge in [0.05, 0.1) is 0 Å². The van der Waals surface area contributed by atoms with Crippen molar-refractivity contribution in [1.82, 2.24) is 5.43 Å². The van der Waals surface area contributed by atoms with Crippen LogP contribution in [0.5, 0.6) is 0 Å². The molecular weight excluding hydrogens is 308 g/mol. The van der Waals surface area contributed by atoms with Gasteiger partial charge in [0.2, 0.25) is 0 Å². The van der Waals surface area contributed by atoms with Crippen LogP contribution in [-0.4, -0.2) is 0 Å². The maximum absolute atomic E-state index is 5.90. The van der Waals surface area contributed by atoms with Gasteiger partial charge in [-0.1, -0.05) is 18.2 Å². The van der Waals surface area contributed by atoms with E-state index in [9.17, 15) is 0 Å². The molecule has 3 rings (SSSR count). The fraction of sp³-hybridized carbons (Fsp3) is 0.143. The summed E-state index contributed by atoms with van der Waals surface area (Å²) in [6.45, 7) is 2.02. The number of fused-ring (bicyclic) bond motifs is 1. The second-order valence-corrected chi connectivity index (χ2v) is 5.17. The molecule has 0 saturated carbocycles. The Balaban J connectivity index is 2.09. The largest absolute Gasteiger partial charge is 0.459 e. The second-order valence-electron chi connectivity index (χ2n) is 4.38. The quantitative estimate of drug-likeness (QED) is 0.571. The highest BCUT2D eigenvalue weighted by Crippen LogP contribution is 2.31. The van der Waals surface area contributed by atoms with Crippen molar-refractivity contribution in [3.63, 3.8) is 0 Å². The number of rotatable bonds is 3. The summed E-state index contributed by atoms with van der Waals surface area (Å²) < 4.78 is 12.1. The molecule has 2 aromatic heterocycles. The Morgan fingerprint density at radius 3 is 2.63 bits per heavy atom. The molecule has 3 aromatic rings. The monoisotopic (exact) mass is 320 g/mol. The summed E-state index contributed by atoms with van der Waals surface area (Å²) in [7, 11) is 0. The number of para-hydroxylation sites is 1. The minimum Gasteiger partial charge on any atom is -0.459 e. The van der Waals surface area contributed by atoms with Gasteiger partial charge >= 0.3 is 0 Å². The molecule has 19 heavy (non-hydrogen) atoms. The first-order valence-electron chi connectivity index (χ1n) is 5.89. The van der Waals surface area contributed by atoms with E-state index in [1.807, 2.05) is 43.3 Å². The maximum Gasteiger partial charge on any atom is 0.169 e. The molecule has 0 amide bonds. The second kappa shape index (κ2) is 4.85. The average Bonchev–Trinajstić information content (AvgIpc) is 2.98. The number of nitrogens with two attached hydrogens (primary N) is 1. The molecule has 4 nitrogen and oxygen atoms in total. The van der Waals surface area contributed by atoms with Crippen molar-refractivity contribution in [2.24, 2.45) is 5.84 Å². The summed E-state index contributed by atoms with van der Waals surface area (Å²) in [5.41, 5.74) is 4.70. The Labute approximate surface area is 118 Å². The highest BCUT2D eigenvalue weighted by molar-refractivity contribution is 9.10. The lowest BCUT2D eigenvalue weighted by molar-refractivity contribution is 0.395. The van der Waals surface area contributed by atoms with Crippen LogP contribution in [0.25, 0.3) is 11.0 Å². The van der Waals surface area contributed by atoms with Gasteiger partial charge in [0.25, 0.3) is 0 Å². The molecule has 0 aliphatic heterocycles. The van der Waals surface area contributed by atoms with Gasteiger partial charge < -0.3 is 8.83 Å². The minimum atomic E-state index is -0.307. The van der Waals surface area contributed by atoms with E-state index in [0.29, 0.717) is 10.4 Å². The van der Waals surface area contributed by atoms with Crippen molar-refractivity contribution in [2.75, 3.05) is 0 Å². The predicted octanol–water partition coefficient (Wildman–Crippen LogP) is 3.65. The van der Waals surface area contributed by atoms with Gasteiger partial charge in [-0.25, -0.2) is 5.43 Å². The van der Waals surface area contributed by atoms with Gasteiger partial charge in [-0.3, -0.25) is 5.84 Å². The number of nitrogens with one attached hydrogen (secondary N) is 1. The zero-order chi connectivity index (χ0) is 13.4. The third-order valence-electron chi connectivity index (χ3n) is 3.09. The van der Waals surface area contributed by atoms with E-state index in [1.165, 1.54) is 0 Å². The Morgan fingerprint density at radius 1 is 1.16 bits per heavy atom. The Morgan fingerprint density at radius 2 is 2.00 bits per heavy atom. The standard InChI is InChI=1S/C14H13BrN2O2/c1-8-3-2-4-9-7-11(19-14(8)9)13(17-16)10-5-6-12(15)18-10/h2-7,13,17H,16H2,1H3. The lowest BCUT2D eigenvalue weighted by Crippen LogP contribution is -2.28. The first-order chi connectivity index (χ1) is 9.19. The number of hydrazine groups is 1. The molecule has 0 bridgehead atoms. The van der Waals surface area contributed by atoms with E-state index >= 15 is 0 Å². The normalized spacial score (nSPS) is 13.0. The molecule has 2 heterocycles. The lowest BCUT2D eigenvalue weighted by atomic mass is 10.1. The summed E-state index contributed by atoms with van der Waals surface area (Å²) >= 11 is 3.28. The van der Waals surface area contributed by atoms with E-state index in [1.54, 1.807) is 0 Å². The first kappa shape index (κ1) is 12.5. The highest BCUT2D eigenvalue weighted by Gasteiger charge is 2.20. The molecule has 0 saturated heterocycles. The zero-order valence-corrected chi connectivity index (χ0v) is 11.9. The molecule has 0 spiro atoms. The van der Waals surface area contributed by atoms with Crippen LogP contribution in [0.3, 0.4) is 0 Å². The van der Waals surface area contributed by atoms with Gasteiger partial charge in [-0.15, -0.1) is 0 Å². The Kier molecular flexibility index (Phi) is 3.18. The van der Waals surface area contributed by atoms with Crippen LogP contribution >= 0.6 is 15.9 Å². The van der Waals surface area contributed by atoms with Crippen LogP contribution in [0, 0.1) is 6.92 Å². The number of hydrogen-bond donors (Lipinski definition) is 2. The van der Waals surface area contributed by atoms with Gasteiger partial charge in [0.15, 0.2) is 4.67 Å². The fourth-order valence-corrected chi connectivity index (χ4v) is 2.48. The third-order valence-corrected chi connectivity index (χ3v) is 3.52. The SMILES string of the molecule is Cc1cccc2cc(C(NN)c3ccc(Br)o3)oc12. The van der Waals surface area contributed by atoms with Crippen LogP contribution in [0.2, 0.25) is 0 Å². The summed E-state index contributed by atoms with van der Waals surface area (Å²) in [6.07, 6.45) is 0. The molecule has 1 aromatic carbocycles. The third kappa shape index (κ3) is 2.20. The van der Waals surface area contributed by atoms with E-state index in [4.69, 9.17) is 14.7 Å². The fourth-order valence-electron chi connectivity index (χ4n) is 2.16. The average molecular weight is 321 g/mol. The lowest BCUT2D eigenvalue weighted by Gasteiger charge is -2.09. The molecule has 0 fully saturated rings. The van der Waals surface area contributed by atoms with Crippen LogP contribution in [-0.2, 0) is 0 Å². The van der Waals surface area contributed by atoms with Crippen molar-refractivity contribution < 1.29 is 8.83 Å². The van der Waals surface area contributed by atoms with E-state index in [2.05, 4.69) is 21.4 Å². The van der Waals surface area contributed by atoms with Crippen molar-refractivity contribution in [3.05, 3.63) is 58.2 Å². The number of benzene rings is 1. The summed E-state index contributed by atoms with van der Waals surface area (Å²) in [6, 6.07) is 11.4. The van der Waals surface area contributed by atoms with E-state index < -0.39 is 0 Å². The van der Waals surface area contributed by atoms with Gasteiger partial charge in [0.1, 0.15) is 23.1 Å². The zero-order valence-electron chi connectivity index (χ0n) is 10.3. The smallest absolute Gasteiger partial charge is 0.169 e. The highest BCUT2D eigenvalue weighted by atomic mass is 79.9. The number of hydrogen-bond acceptors (Lipinski definition) is 4. The van der Waals surface area contributed by atoms with Crippen molar-refractivity contribution in [3.8, 4) is 0 Å². The molecule has 0 aliphatic carbocycles. The molecule has 98 valence electrons. The molecule has 3 N–H and O–H groups in total. The summed E-state index contributed by atoms with van der Waals surface area (Å²) in [4.78, 5) is 0. The molecule has 1 unspecified atom stereocenters. The van der Waals surface area contributed by atoms with Crippen LogP contribution in [0.15, 0.2) is 49.9 Å². The molecule has 0 aliphatic rings. The van der Waals surface area contributed by atoms with E-state index in [0.717, 1.165) is 22.3 Å². The van der Waals surface area contributed by atoms with Crippen LogP contribution in [0.4, 0.5) is 0 Å². The van der Waals surface area contributed by atoms with E-state index in [-0.39, 0.29) is 6.04 Å². The van der Waals surface area contributed by atoms with Gasteiger partial charge in [0, 0.05) is 5.39 Å². The van der Waals surface area contributed by atoms with Crippen LogP contribution < -0.4 is 11.3 Å². The summed E-state index contributed by atoms with van der Waals surface area (Å²) in [5.74, 6) is 7.05. The first-order valence-corrected chi connectivity index (χ1v) is 6.69. The maximum atomic E-state index is 5.90. The minimum absolute atomic E-state index is 0.307. The number of aryl methyl sites for hydroxylation is 1. The number of furan rings is 2. The van der Waals surface area contributed by atoms with Gasteiger partial charge in [-0.05, 0) is 46.6 Å². The number of halogens is 1. The van der Waals surface area contributed by atoms with Crippen LogP contribution in [0.1, 0.15) is 23.1 Å². The molecule has 0 radical (unpaired) electrons. The Hall–Kier alpha value is -1.56. The summed E-state index contributed by atoms with van der Waals surface area (Å²) in [5, 5.41) is 1.06. The predicted molar refractivity (Wildman–Crippen MR) is 76.5 cm³/mol. The molecule has 1 atom stereocenters. The van der Waals surface area contributed by atoms with Crippen molar-refractivity contribution in [1.29, 1.82) is 0 Å². The molecular formula is C14H13BrN2O2. The molecule has 5 heteroatoms. The topological polar surface area (TPSA) is 64.3 Å². The van der Waals surface area contributed by atoms with Crippen molar-refractivity contribution >= 4 is 26.9 Å².